The molecule has 0 bridgehead atoms. The number of pyridine rings is 1. The molecule has 5 nitrogen and oxygen atoms in total. The van der Waals surface area contributed by atoms with Gasteiger partial charge in [0.05, 0.1) is 16.8 Å². The summed E-state index contributed by atoms with van der Waals surface area (Å²) in [5.74, 6) is 0.432. The lowest BCUT2D eigenvalue weighted by atomic mass is 9.90. The minimum absolute atomic E-state index is 0.0679. The van der Waals surface area contributed by atoms with Crippen LogP contribution in [0.5, 0.6) is 0 Å². The number of carbonyl (C=O) groups excluding carboxylic acids is 2. The van der Waals surface area contributed by atoms with E-state index in [1.165, 1.54) is 25.7 Å². The van der Waals surface area contributed by atoms with E-state index in [-0.39, 0.29) is 11.8 Å². The van der Waals surface area contributed by atoms with E-state index in [1.54, 1.807) is 0 Å². The van der Waals surface area contributed by atoms with Gasteiger partial charge < -0.3 is 10.6 Å². The van der Waals surface area contributed by atoms with Gasteiger partial charge in [0.1, 0.15) is 0 Å². The van der Waals surface area contributed by atoms with Gasteiger partial charge in [-0.25, -0.2) is 0 Å². The lowest BCUT2D eigenvalue weighted by Gasteiger charge is -2.33. The van der Waals surface area contributed by atoms with Crippen LogP contribution in [0.15, 0.2) is 30.3 Å². The molecule has 2 fully saturated rings. The van der Waals surface area contributed by atoms with Crippen LogP contribution in [-0.2, 0) is 4.79 Å². The topological polar surface area (TPSA) is 76.3 Å². The predicted octanol–water partition coefficient (Wildman–Crippen LogP) is 3.62. The standard InChI is InChI=1S/C22H27N3O2/c23-22(27)18-13-16-8-3-4-10-19(16)24-21(18)17-9-5-11-25(14-17)20(26)12-15-6-1-2-7-15/h3-4,8,10,13,15,17H,1-2,5-7,9,11-12,14H2,(H2,23,27)/t17-/m1/s1. The van der Waals surface area contributed by atoms with Crippen molar-refractivity contribution in [1.29, 1.82) is 0 Å². The number of rotatable bonds is 4. The summed E-state index contributed by atoms with van der Waals surface area (Å²) in [6.45, 7) is 1.44. The van der Waals surface area contributed by atoms with Crippen molar-refractivity contribution in [3.8, 4) is 0 Å². The first-order chi connectivity index (χ1) is 13.1. The molecule has 1 aromatic carbocycles. The van der Waals surface area contributed by atoms with Crippen molar-refractivity contribution in [2.45, 2.75) is 50.9 Å². The summed E-state index contributed by atoms with van der Waals surface area (Å²) in [6, 6.07) is 9.62. The molecule has 1 aromatic heterocycles. The molecule has 142 valence electrons. The average Bonchev–Trinajstić information content (AvgIpc) is 3.20. The van der Waals surface area contributed by atoms with E-state index in [0.29, 0.717) is 24.4 Å². The summed E-state index contributed by atoms with van der Waals surface area (Å²) in [5, 5.41) is 0.917. The summed E-state index contributed by atoms with van der Waals surface area (Å²) < 4.78 is 0. The Kier molecular flexibility index (Phi) is 5.10. The molecule has 2 N–H and O–H groups in total. The van der Waals surface area contributed by atoms with Gasteiger partial charge in [0.25, 0.3) is 5.91 Å². The van der Waals surface area contributed by atoms with Crippen LogP contribution in [0.4, 0.5) is 0 Å². The van der Waals surface area contributed by atoms with Gasteiger partial charge in [0.15, 0.2) is 0 Å². The van der Waals surface area contributed by atoms with E-state index in [9.17, 15) is 9.59 Å². The van der Waals surface area contributed by atoms with E-state index >= 15 is 0 Å². The molecule has 27 heavy (non-hydrogen) atoms. The molecule has 5 heteroatoms. The highest BCUT2D eigenvalue weighted by Gasteiger charge is 2.30. The Balaban J connectivity index is 1.57. The van der Waals surface area contributed by atoms with Gasteiger partial charge in [0.2, 0.25) is 5.91 Å². The number of nitrogens with zero attached hydrogens (tertiary/aromatic N) is 2. The Hall–Kier alpha value is -2.43. The molecule has 2 amide bonds. The van der Waals surface area contributed by atoms with Gasteiger partial charge in [-0.1, -0.05) is 31.0 Å². The Bertz CT molecular complexity index is 858. The van der Waals surface area contributed by atoms with E-state index in [4.69, 9.17) is 10.7 Å². The highest BCUT2D eigenvalue weighted by Crippen LogP contribution is 2.32. The van der Waals surface area contributed by atoms with Gasteiger partial charge in [-0.15, -0.1) is 0 Å². The van der Waals surface area contributed by atoms with Crippen LogP contribution in [-0.4, -0.2) is 34.8 Å². The van der Waals surface area contributed by atoms with Crippen LogP contribution >= 0.6 is 0 Å². The fraction of sp³-hybridized carbons (Fsp3) is 0.500. The summed E-state index contributed by atoms with van der Waals surface area (Å²) in [6.07, 6.45) is 7.41. The number of primary amides is 1. The smallest absolute Gasteiger partial charge is 0.250 e. The number of benzene rings is 1. The maximum Gasteiger partial charge on any atom is 0.250 e. The first-order valence-corrected chi connectivity index (χ1v) is 10.1. The highest BCUT2D eigenvalue weighted by atomic mass is 16.2. The Labute approximate surface area is 159 Å². The molecule has 1 aliphatic heterocycles. The molecule has 1 atom stereocenters. The van der Waals surface area contributed by atoms with E-state index in [2.05, 4.69) is 0 Å². The van der Waals surface area contributed by atoms with Crippen LogP contribution in [0.25, 0.3) is 10.9 Å². The van der Waals surface area contributed by atoms with E-state index < -0.39 is 5.91 Å². The number of amides is 2. The summed E-state index contributed by atoms with van der Waals surface area (Å²) in [7, 11) is 0. The number of piperidine rings is 1. The van der Waals surface area contributed by atoms with Crippen LogP contribution in [0.3, 0.4) is 0 Å². The number of para-hydroxylation sites is 1. The second-order valence-electron chi connectivity index (χ2n) is 8.01. The average molecular weight is 365 g/mol. The molecule has 0 radical (unpaired) electrons. The zero-order valence-electron chi connectivity index (χ0n) is 15.7. The number of fused-ring (bicyclic) bond motifs is 1. The number of hydrogen-bond donors (Lipinski definition) is 1. The molecule has 2 heterocycles. The fourth-order valence-electron chi connectivity index (χ4n) is 4.66. The molecule has 1 aliphatic carbocycles. The zero-order chi connectivity index (χ0) is 18.8. The van der Waals surface area contributed by atoms with Gasteiger partial charge in [-0.3, -0.25) is 14.6 Å². The van der Waals surface area contributed by atoms with E-state index in [1.807, 2.05) is 35.2 Å². The monoisotopic (exact) mass is 365 g/mol. The van der Waals surface area contributed by atoms with Crippen LogP contribution in [0.1, 0.15) is 66.9 Å². The van der Waals surface area contributed by atoms with Gasteiger partial charge >= 0.3 is 0 Å². The zero-order valence-corrected chi connectivity index (χ0v) is 15.7. The predicted molar refractivity (Wildman–Crippen MR) is 105 cm³/mol. The van der Waals surface area contributed by atoms with E-state index in [0.717, 1.165) is 36.0 Å². The number of nitrogens with two attached hydrogens (primary N) is 1. The normalized spacial score (nSPS) is 20.9. The first kappa shape index (κ1) is 18.0. The third-order valence-corrected chi connectivity index (χ3v) is 6.12. The van der Waals surface area contributed by atoms with Crippen molar-refractivity contribution >= 4 is 22.7 Å². The number of likely N-dealkylation sites (tertiary alicyclic amines) is 1. The van der Waals surface area contributed by atoms with Crippen molar-refractivity contribution in [1.82, 2.24) is 9.88 Å². The van der Waals surface area contributed by atoms with Gasteiger partial charge in [-0.2, -0.15) is 0 Å². The minimum atomic E-state index is -0.447. The third-order valence-electron chi connectivity index (χ3n) is 6.12. The van der Waals surface area contributed by atoms with Crippen LogP contribution < -0.4 is 5.73 Å². The van der Waals surface area contributed by atoms with Crippen LogP contribution in [0.2, 0.25) is 0 Å². The molecular weight excluding hydrogens is 338 g/mol. The van der Waals surface area contributed by atoms with Crippen molar-refractivity contribution in [3.05, 3.63) is 41.6 Å². The summed E-state index contributed by atoms with van der Waals surface area (Å²) >= 11 is 0. The second kappa shape index (κ2) is 7.67. The van der Waals surface area contributed by atoms with Crippen molar-refractivity contribution in [3.63, 3.8) is 0 Å². The maximum absolute atomic E-state index is 12.8. The Morgan fingerprint density at radius 1 is 1.11 bits per heavy atom. The maximum atomic E-state index is 12.8. The van der Waals surface area contributed by atoms with Gasteiger partial charge in [-0.05, 0) is 43.7 Å². The lowest BCUT2D eigenvalue weighted by Crippen LogP contribution is -2.40. The number of hydrogen-bond acceptors (Lipinski definition) is 3. The molecule has 0 spiro atoms. The molecule has 2 aromatic rings. The first-order valence-electron chi connectivity index (χ1n) is 10.1. The molecule has 1 saturated heterocycles. The Morgan fingerprint density at radius 3 is 2.67 bits per heavy atom. The summed E-state index contributed by atoms with van der Waals surface area (Å²) in [5.41, 5.74) is 7.76. The van der Waals surface area contributed by atoms with Crippen molar-refractivity contribution in [2.75, 3.05) is 13.1 Å². The molecule has 2 aliphatic rings. The third kappa shape index (κ3) is 3.82. The minimum Gasteiger partial charge on any atom is -0.366 e. The largest absolute Gasteiger partial charge is 0.366 e. The molecule has 4 rings (SSSR count). The molecular formula is C22H27N3O2. The number of aromatic nitrogens is 1. The van der Waals surface area contributed by atoms with Crippen molar-refractivity contribution < 1.29 is 9.59 Å². The van der Waals surface area contributed by atoms with Crippen LogP contribution in [0, 0.1) is 5.92 Å². The van der Waals surface area contributed by atoms with Gasteiger partial charge in [0, 0.05) is 30.8 Å². The van der Waals surface area contributed by atoms with Crippen molar-refractivity contribution in [2.24, 2.45) is 11.7 Å². The number of carbonyl (C=O) groups is 2. The summed E-state index contributed by atoms with van der Waals surface area (Å²) in [4.78, 5) is 31.6. The quantitative estimate of drug-likeness (QED) is 0.899. The fourth-order valence-corrected chi connectivity index (χ4v) is 4.66. The molecule has 0 unspecified atom stereocenters. The lowest BCUT2D eigenvalue weighted by molar-refractivity contribution is -0.133. The highest BCUT2D eigenvalue weighted by molar-refractivity contribution is 5.97. The SMILES string of the molecule is NC(=O)c1cc2ccccc2nc1[C@@H]1CCCN(C(=O)CC2CCCC2)C1. The Morgan fingerprint density at radius 2 is 1.89 bits per heavy atom. The second-order valence-corrected chi connectivity index (χ2v) is 8.01. The molecule has 1 saturated carbocycles.